The molecule has 0 nitrogen and oxygen atoms in total. The summed E-state index contributed by atoms with van der Waals surface area (Å²) in [5.74, 6) is 0.948. The van der Waals surface area contributed by atoms with Gasteiger partial charge in [-0.15, -0.1) is 0 Å². The summed E-state index contributed by atoms with van der Waals surface area (Å²) in [5, 5.41) is 1.61. The lowest BCUT2D eigenvalue weighted by molar-refractivity contribution is 0.755. The van der Waals surface area contributed by atoms with Gasteiger partial charge in [-0.1, -0.05) is 62.2 Å². The minimum atomic E-state index is 0.450. The Morgan fingerprint density at radius 1 is 0.800 bits per heavy atom. The van der Waals surface area contributed by atoms with Crippen LogP contribution in [0.1, 0.15) is 49.3 Å². The van der Waals surface area contributed by atoms with Crippen LogP contribution >= 0.6 is 23.2 Å². The third kappa shape index (κ3) is 4.01. The summed E-state index contributed by atoms with van der Waals surface area (Å²) >= 11 is 12.2. The predicted molar refractivity (Wildman–Crippen MR) is 89.1 cm³/mol. The lowest BCUT2D eigenvalue weighted by atomic mass is 9.91. The van der Waals surface area contributed by atoms with Gasteiger partial charge in [-0.3, -0.25) is 0 Å². The van der Waals surface area contributed by atoms with Gasteiger partial charge in [0.2, 0.25) is 0 Å². The molecule has 0 saturated carbocycles. The third-order valence-corrected chi connectivity index (χ3v) is 4.10. The Morgan fingerprint density at radius 3 is 2.05 bits per heavy atom. The molecule has 0 aromatic heterocycles. The van der Waals surface area contributed by atoms with Crippen LogP contribution in [0.25, 0.3) is 0 Å². The molecular weight excluding hydrogens is 287 g/mol. The molecule has 0 aliphatic carbocycles. The average Bonchev–Trinajstić information content (AvgIpc) is 2.38. The van der Waals surface area contributed by atoms with Crippen molar-refractivity contribution in [2.45, 2.75) is 39.0 Å². The minimum Gasteiger partial charge on any atom is -0.0843 e. The summed E-state index contributed by atoms with van der Waals surface area (Å²) in [6.07, 6.45) is 0.988. The van der Waals surface area contributed by atoms with E-state index < -0.39 is 0 Å². The van der Waals surface area contributed by atoms with Gasteiger partial charge in [0.1, 0.15) is 0 Å². The molecule has 2 rings (SSSR count). The summed E-state index contributed by atoms with van der Waals surface area (Å²) in [4.78, 5) is 0. The first-order valence-corrected chi connectivity index (χ1v) is 7.76. The van der Waals surface area contributed by atoms with Crippen LogP contribution < -0.4 is 0 Å². The monoisotopic (exact) mass is 306 g/mol. The number of halogens is 2. The fourth-order valence-electron chi connectivity index (χ4n) is 2.39. The summed E-state index contributed by atoms with van der Waals surface area (Å²) in [6, 6.07) is 14.5. The number of benzene rings is 2. The lowest BCUT2D eigenvalue weighted by Gasteiger charge is -2.14. The molecule has 0 heterocycles. The first kappa shape index (κ1) is 15.4. The quantitative estimate of drug-likeness (QED) is 0.608. The molecule has 1 atom stereocenters. The number of rotatable bonds is 4. The maximum Gasteiger partial charge on any atom is 0.0411 e. The first-order chi connectivity index (χ1) is 9.45. The van der Waals surface area contributed by atoms with Gasteiger partial charge in [0.05, 0.1) is 0 Å². The van der Waals surface area contributed by atoms with E-state index in [2.05, 4.69) is 51.1 Å². The molecular formula is C18H20Cl2. The first-order valence-electron chi connectivity index (χ1n) is 7.00. The van der Waals surface area contributed by atoms with Gasteiger partial charge in [0.15, 0.2) is 0 Å². The normalized spacial score (nSPS) is 12.7. The highest BCUT2D eigenvalue weighted by Crippen LogP contribution is 2.26. The molecule has 2 aromatic carbocycles. The topological polar surface area (TPSA) is 0 Å². The van der Waals surface area contributed by atoms with E-state index in [9.17, 15) is 0 Å². The molecule has 0 N–H and O–H groups in total. The SMILES string of the molecule is CC(C)c1cc(Cl)cc(CC(C)c2ccc(Cl)cc2)c1. The highest BCUT2D eigenvalue weighted by Gasteiger charge is 2.09. The van der Waals surface area contributed by atoms with Crippen LogP contribution in [0.4, 0.5) is 0 Å². The van der Waals surface area contributed by atoms with E-state index in [4.69, 9.17) is 23.2 Å². The van der Waals surface area contributed by atoms with Crippen LogP contribution in [0.3, 0.4) is 0 Å². The number of hydrogen-bond acceptors (Lipinski definition) is 0. The maximum absolute atomic E-state index is 6.23. The van der Waals surface area contributed by atoms with Crippen molar-refractivity contribution in [1.82, 2.24) is 0 Å². The predicted octanol–water partition coefficient (Wildman–Crippen LogP) is 6.46. The Bertz CT molecular complexity index is 570. The summed E-state index contributed by atoms with van der Waals surface area (Å²) < 4.78 is 0. The maximum atomic E-state index is 6.23. The Balaban J connectivity index is 2.18. The van der Waals surface area contributed by atoms with E-state index in [0.29, 0.717) is 11.8 Å². The van der Waals surface area contributed by atoms with Crippen molar-refractivity contribution in [3.63, 3.8) is 0 Å². The van der Waals surface area contributed by atoms with E-state index in [-0.39, 0.29) is 0 Å². The van der Waals surface area contributed by atoms with Gasteiger partial charge in [0, 0.05) is 10.0 Å². The van der Waals surface area contributed by atoms with Crippen molar-refractivity contribution in [2.24, 2.45) is 0 Å². The van der Waals surface area contributed by atoms with Crippen LogP contribution in [-0.2, 0) is 6.42 Å². The van der Waals surface area contributed by atoms with Crippen molar-refractivity contribution in [3.8, 4) is 0 Å². The molecule has 2 aromatic rings. The van der Waals surface area contributed by atoms with Crippen LogP contribution in [0.15, 0.2) is 42.5 Å². The Morgan fingerprint density at radius 2 is 1.45 bits per heavy atom. The van der Waals surface area contributed by atoms with Crippen molar-refractivity contribution >= 4 is 23.2 Å². The van der Waals surface area contributed by atoms with E-state index in [0.717, 1.165) is 16.5 Å². The molecule has 1 unspecified atom stereocenters. The smallest absolute Gasteiger partial charge is 0.0411 e. The molecule has 0 aliphatic heterocycles. The Kier molecular flexibility index (Phi) is 5.12. The second kappa shape index (κ2) is 6.65. The van der Waals surface area contributed by atoms with Gasteiger partial charge in [0.25, 0.3) is 0 Å². The minimum absolute atomic E-state index is 0.450. The van der Waals surface area contributed by atoms with Crippen molar-refractivity contribution in [1.29, 1.82) is 0 Å². The zero-order valence-electron chi connectivity index (χ0n) is 12.2. The summed E-state index contributed by atoms with van der Waals surface area (Å²) in [7, 11) is 0. The molecule has 0 spiro atoms. The van der Waals surface area contributed by atoms with E-state index >= 15 is 0 Å². The van der Waals surface area contributed by atoms with Crippen molar-refractivity contribution in [2.75, 3.05) is 0 Å². The van der Waals surface area contributed by atoms with Gasteiger partial charge >= 0.3 is 0 Å². The summed E-state index contributed by atoms with van der Waals surface area (Å²) in [6.45, 7) is 6.62. The average molecular weight is 307 g/mol. The van der Waals surface area contributed by atoms with Gasteiger partial charge in [-0.2, -0.15) is 0 Å². The van der Waals surface area contributed by atoms with E-state index in [1.165, 1.54) is 16.7 Å². The lowest BCUT2D eigenvalue weighted by Crippen LogP contribution is -2.00. The second-order valence-corrected chi connectivity index (χ2v) is 6.58. The third-order valence-electron chi connectivity index (χ3n) is 3.63. The molecule has 0 fully saturated rings. The van der Waals surface area contributed by atoms with E-state index in [1.807, 2.05) is 12.1 Å². The van der Waals surface area contributed by atoms with Crippen molar-refractivity contribution < 1.29 is 0 Å². The fourth-order valence-corrected chi connectivity index (χ4v) is 2.78. The molecule has 20 heavy (non-hydrogen) atoms. The fraction of sp³-hybridized carbons (Fsp3) is 0.333. The highest BCUT2D eigenvalue weighted by atomic mass is 35.5. The Labute approximate surface area is 131 Å². The van der Waals surface area contributed by atoms with Crippen LogP contribution in [0.2, 0.25) is 10.0 Å². The van der Waals surface area contributed by atoms with E-state index in [1.54, 1.807) is 0 Å². The molecule has 0 radical (unpaired) electrons. The van der Waals surface area contributed by atoms with Gasteiger partial charge < -0.3 is 0 Å². The molecule has 0 aliphatic rings. The second-order valence-electron chi connectivity index (χ2n) is 5.70. The standard InChI is InChI=1S/C18H20Cl2/c1-12(2)16-9-14(10-18(20)11-16)8-13(3)15-4-6-17(19)7-5-15/h4-7,9-13H,8H2,1-3H3. The molecule has 2 heteroatoms. The van der Waals surface area contributed by atoms with Gasteiger partial charge in [-0.05, 0) is 59.2 Å². The largest absolute Gasteiger partial charge is 0.0843 e. The van der Waals surface area contributed by atoms with Crippen molar-refractivity contribution in [3.05, 3.63) is 69.2 Å². The highest BCUT2D eigenvalue weighted by molar-refractivity contribution is 6.30. The molecule has 106 valence electrons. The molecule has 0 bridgehead atoms. The zero-order chi connectivity index (χ0) is 14.7. The Hall–Kier alpha value is -0.980. The van der Waals surface area contributed by atoms with Gasteiger partial charge in [-0.25, -0.2) is 0 Å². The van der Waals surface area contributed by atoms with Crippen LogP contribution in [-0.4, -0.2) is 0 Å². The van der Waals surface area contributed by atoms with Crippen LogP contribution in [0, 0.1) is 0 Å². The van der Waals surface area contributed by atoms with Crippen LogP contribution in [0.5, 0.6) is 0 Å². The summed E-state index contributed by atoms with van der Waals surface area (Å²) in [5.41, 5.74) is 3.90. The zero-order valence-corrected chi connectivity index (χ0v) is 13.7. The molecule has 0 amide bonds. The molecule has 0 saturated heterocycles. The number of hydrogen-bond donors (Lipinski definition) is 0.